The van der Waals surface area contributed by atoms with Crippen molar-refractivity contribution in [2.75, 3.05) is 38.3 Å². The summed E-state index contributed by atoms with van der Waals surface area (Å²) in [6, 6.07) is 7.82. The van der Waals surface area contributed by atoms with E-state index >= 15 is 0 Å². The predicted molar refractivity (Wildman–Crippen MR) is 144 cm³/mol. The van der Waals surface area contributed by atoms with E-state index in [-0.39, 0.29) is 23.3 Å². The van der Waals surface area contributed by atoms with E-state index in [1.54, 1.807) is 22.7 Å². The van der Waals surface area contributed by atoms with E-state index in [1.165, 1.54) is 11.8 Å². The van der Waals surface area contributed by atoms with Gasteiger partial charge in [-0.1, -0.05) is 42.2 Å². The van der Waals surface area contributed by atoms with Gasteiger partial charge in [-0.05, 0) is 38.3 Å². The lowest BCUT2D eigenvalue weighted by Crippen LogP contribution is -2.40. The zero-order valence-corrected chi connectivity index (χ0v) is 21.6. The van der Waals surface area contributed by atoms with Crippen molar-refractivity contribution in [2.45, 2.75) is 32.7 Å². The highest BCUT2D eigenvalue weighted by Crippen LogP contribution is 2.37. The Morgan fingerprint density at radius 2 is 1.97 bits per heavy atom. The van der Waals surface area contributed by atoms with Crippen molar-refractivity contribution >= 4 is 62.8 Å². The number of thiocarbonyl (C=S) groups is 1. The van der Waals surface area contributed by atoms with Crippen LogP contribution in [0.1, 0.15) is 31.7 Å². The molecule has 8 nitrogen and oxygen atoms in total. The van der Waals surface area contributed by atoms with Gasteiger partial charge in [0, 0.05) is 51.2 Å². The summed E-state index contributed by atoms with van der Waals surface area (Å²) in [5.41, 5.74) is 7.50. The SMILES string of the molecule is CCn1c(=O)c(C=C2SC(=S)N(CCCOC)C2=O)c(N2CCC(C(N)=O)CC2)c2ccccc21. The normalized spacial score (nSPS) is 18.3. The Balaban J connectivity index is 1.82. The van der Waals surface area contributed by atoms with Crippen molar-refractivity contribution in [1.29, 1.82) is 0 Å². The van der Waals surface area contributed by atoms with Crippen LogP contribution in [0.5, 0.6) is 0 Å². The molecule has 2 N–H and O–H groups in total. The summed E-state index contributed by atoms with van der Waals surface area (Å²) in [4.78, 5) is 42.8. The van der Waals surface area contributed by atoms with Crippen LogP contribution in [-0.2, 0) is 20.9 Å². The van der Waals surface area contributed by atoms with Gasteiger partial charge in [0.1, 0.15) is 4.32 Å². The average Bonchev–Trinajstić information content (AvgIpc) is 3.12. The van der Waals surface area contributed by atoms with Gasteiger partial charge in [0.05, 0.1) is 21.7 Å². The van der Waals surface area contributed by atoms with Crippen LogP contribution in [-0.4, -0.2) is 59.0 Å². The van der Waals surface area contributed by atoms with Gasteiger partial charge in [0.25, 0.3) is 11.5 Å². The van der Waals surface area contributed by atoms with Gasteiger partial charge in [-0.25, -0.2) is 0 Å². The van der Waals surface area contributed by atoms with Crippen molar-refractivity contribution in [3.63, 3.8) is 0 Å². The molecule has 0 saturated carbocycles. The Hall–Kier alpha value is -2.69. The summed E-state index contributed by atoms with van der Waals surface area (Å²) >= 11 is 6.69. The molecule has 0 spiro atoms. The van der Waals surface area contributed by atoms with Crippen LogP contribution >= 0.6 is 24.0 Å². The first-order valence-corrected chi connectivity index (χ1v) is 13.0. The van der Waals surface area contributed by atoms with E-state index in [1.807, 2.05) is 31.2 Å². The van der Waals surface area contributed by atoms with Crippen molar-refractivity contribution in [3.05, 3.63) is 45.1 Å². The first-order chi connectivity index (χ1) is 16.9. The first-order valence-electron chi connectivity index (χ1n) is 11.8. The molecule has 4 rings (SSSR count). The number of nitrogens with two attached hydrogens (primary N) is 1. The number of amides is 2. The van der Waals surface area contributed by atoms with Gasteiger partial charge >= 0.3 is 0 Å². The zero-order chi connectivity index (χ0) is 25.1. The minimum absolute atomic E-state index is 0.150. The molecule has 1 aromatic heterocycles. The summed E-state index contributed by atoms with van der Waals surface area (Å²) in [6.45, 7) is 4.65. The molecule has 2 saturated heterocycles. The molecule has 10 heteroatoms. The van der Waals surface area contributed by atoms with E-state index in [0.717, 1.165) is 16.6 Å². The number of pyridine rings is 1. The van der Waals surface area contributed by atoms with Crippen LogP contribution in [0.2, 0.25) is 0 Å². The van der Waals surface area contributed by atoms with E-state index < -0.39 is 0 Å². The number of thioether (sulfide) groups is 1. The van der Waals surface area contributed by atoms with Gasteiger partial charge in [-0.2, -0.15) is 0 Å². The quantitative estimate of drug-likeness (QED) is 0.329. The lowest BCUT2D eigenvalue weighted by atomic mass is 9.94. The molecular weight excluding hydrogens is 484 g/mol. The molecule has 0 aliphatic carbocycles. The maximum absolute atomic E-state index is 13.8. The van der Waals surface area contributed by atoms with Crippen molar-refractivity contribution in [2.24, 2.45) is 11.7 Å². The molecule has 0 radical (unpaired) electrons. The Kier molecular flexibility index (Phi) is 7.93. The first kappa shape index (κ1) is 25.4. The molecule has 3 heterocycles. The fraction of sp³-hybridized carbons (Fsp3) is 0.440. The maximum Gasteiger partial charge on any atom is 0.266 e. The highest BCUT2D eigenvalue weighted by molar-refractivity contribution is 8.26. The average molecular weight is 515 g/mol. The number of hydrogen-bond donors (Lipinski definition) is 1. The number of hydrogen-bond acceptors (Lipinski definition) is 7. The lowest BCUT2D eigenvalue weighted by Gasteiger charge is -2.34. The van der Waals surface area contributed by atoms with Gasteiger partial charge in [0.2, 0.25) is 5.91 Å². The second-order valence-corrected chi connectivity index (χ2v) is 10.3. The number of fused-ring (bicyclic) bond motifs is 1. The second kappa shape index (κ2) is 10.9. The summed E-state index contributed by atoms with van der Waals surface area (Å²) in [7, 11) is 1.62. The van der Waals surface area contributed by atoms with E-state index in [0.29, 0.717) is 66.8 Å². The molecule has 0 bridgehead atoms. The number of methoxy groups -OCH3 is 1. The Labute approximate surface area is 214 Å². The Bertz CT molecular complexity index is 1250. The molecule has 2 aromatic rings. The number of benzene rings is 1. The fourth-order valence-electron chi connectivity index (χ4n) is 4.77. The molecule has 2 aliphatic heterocycles. The minimum Gasteiger partial charge on any atom is -0.385 e. The van der Waals surface area contributed by atoms with Crippen molar-refractivity contribution in [1.82, 2.24) is 9.47 Å². The third-order valence-corrected chi connectivity index (χ3v) is 7.97. The largest absolute Gasteiger partial charge is 0.385 e. The van der Waals surface area contributed by atoms with Crippen LogP contribution in [0.3, 0.4) is 0 Å². The number of aryl methyl sites for hydroxylation is 1. The number of anilines is 1. The van der Waals surface area contributed by atoms with Crippen LogP contribution in [0.25, 0.3) is 17.0 Å². The number of para-hydroxylation sites is 1. The highest BCUT2D eigenvalue weighted by Gasteiger charge is 2.33. The second-order valence-electron chi connectivity index (χ2n) is 8.67. The third kappa shape index (κ3) is 5.00. The van der Waals surface area contributed by atoms with Crippen molar-refractivity contribution in [3.8, 4) is 0 Å². The number of nitrogens with zero attached hydrogens (tertiary/aromatic N) is 3. The van der Waals surface area contributed by atoms with Crippen LogP contribution in [0.15, 0.2) is 34.0 Å². The van der Waals surface area contributed by atoms with E-state index in [4.69, 9.17) is 22.7 Å². The van der Waals surface area contributed by atoms with E-state index in [2.05, 4.69) is 4.90 Å². The van der Waals surface area contributed by atoms with E-state index in [9.17, 15) is 14.4 Å². The summed E-state index contributed by atoms with van der Waals surface area (Å²) in [5, 5.41) is 0.938. The number of carbonyl (C=O) groups excluding carboxylic acids is 2. The highest BCUT2D eigenvalue weighted by atomic mass is 32.2. The Morgan fingerprint density at radius 1 is 1.26 bits per heavy atom. The molecule has 35 heavy (non-hydrogen) atoms. The third-order valence-electron chi connectivity index (χ3n) is 6.59. The molecule has 0 atom stereocenters. The number of primary amides is 1. The number of aromatic nitrogens is 1. The number of rotatable bonds is 8. The zero-order valence-electron chi connectivity index (χ0n) is 20.0. The summed E-state index contributed by atoms with van der Waals surface area (Å²) < 4.78 is 7.32. The smallest absolute Gasteiger partial charge is 0.266 e. The molecule has 2 fully saturated rings. The minimum atomic E-state index is -0.284. The Morgan fingerprint density at radius 3 is 2.63 bits per heavy atom. The molecular formula is C25H30N4O4S2. The number of carbonyl (C=O) groups is 2. The van der Waals surface area contributed by atoms with Crippen LogP contribution < -0.4 is 16.2 Å². The summed E-state index contributed by atoms with van der Waals surface area (Å²) in [5.74, 6) is -0.640. The van der Waals surface area contributed by atoms with Crippen molar-refractivity contribution < 1.29 is 14.3 Å². The van der Waals surface area contributed by atoms with Gasteiger partial charge in [-0.15, -0.1) is 0 Å². The number of piperidine rings is 1. The van der Waals surface area contributed by atoms with Gasteiger partial charge in [0.15, 0.2) is 0 Å². The lowest BCUT2D eigenvalue weighted by molar-refractivity contribution is -0.123. The monoisotopic (exact) mass is 514 g/mol. The predicted octanol–water partition coefficient (Wildman–Crippen LogP) is 2.96. The molecule has 0 unspecified atom stereocenters. The topological polar surface area (TPSA) is 97.9 Å². The van der Waals surface area contributed by atoms with Crippen LogP contribution in [0, 0.1) is 5.92 Å². The summed E-state index contributed by atoms with van der Waals surface area (Å²) in [6.07, 6.45) is 3.63. The number of ether oxygens (including phenoxy) is 1. The van der Waals surface area contributed by atoms with Crippen LogP contribution in [0.4, 0.5) is 5.69 Å². The van der Waals surface area contributed by atoms with Gasteiger partial charge in [-0.3, -0.25) is 19.3 Å². The fourth-order valence-corrected chi connectivity index (χ4v) is 6.06. The molecule has 2 amide bonds. The molecule has 1 aromatic carbocycles. The van der Waals surface area contributed by atoms with Gasteiger partial charge < -0.3 is 19.9 Å². The maximum atomic E-state index is 13.8. The standard InChI is InChI=1S/C25H30N4O4S2/c1-3-28-19-8-5-4-7-17(19)21(27-12-9-16(10-13-27)22(26)30)18(23(28)31)15-20-24(32)29(25(34)35-20)11-6-14-33-2/h4-5,7-8,15-16H,3,6,9-14H2,1-2H3,(H2,26,30). The molecule has 2 aliphatic rings. The molecule has 186 valence electrons.